The topological polar surface area (TPSA) is 217 Å². The number of aromatic nitrogens is 2. The van der Waals surface area contributed by atoms with Crippen molar-refractivity contribution < 1.29 is 38.7 Å². The highest BCUT2D eigenvalue weighted by Gasteiger charge is 2.50. The van der Waals surface area contributed by atoms with Gasteiger partial charge >= 0.3 is 5.97 Å². The number of benzene rings is 1. The molecule has 2 fully saturated rings. The van der Waals surface area contributed by atoms with Crippen LogP contribution in [0.2, 0.25) is 0 Å². The number of carboxylic acids is 1. The minimum Gasteiger partial charge on any atom is -0.480 e. The fourth-order valence-corrected chi connectivity index (χ4v) is 7.36. The molecule has 1 aromatic heterocycles. The maximum atomic E-state index is 14.6. The van der Waals surface area contributed by atoms with Crippen molar-refractivity contribution in [2.24, 2.45) is 17.8 Å². The van der Waals surface area contributed by atoms with Gasteiger partial charge in [0, 0.05) is 24.9 Å². The first-order valence-corrected chi connectivity index (χ1v) is 18.8. The second-order valence-corrected chi connectivity index (χ2v) is 14.9. The van der Waals surface area contributed by atoms with Crippen LogP contribution in [0.15, 0.2) is 48.9 Å². The van der Waals surface area contributed by atoms with Crippen molar-refractivity contribution in [2.75, 3.05) is 0 Å². The van der Waals surface area contributed by atoms with E-state index in [4.69, 9.17) is 0 Å². The molecule has 54 heavy (non-hydrogen) atoms. The second kappa shape index (κ2) is 19.2. The summed E-state index contributed by atoms with van der Waals surface area (Å²) in [7, 11) is 0. The summed E-state index contributed by atoms with van der Waals surface area (Å²) in [6.45, 7) is 8.88. The molecule has 4 rings (SSSR count). The van der Waals surface area contributed by atoms with Crippen LogP contribution in [-0.2, 0) is 35.2 Å². The molecule has 5 amide bonds. The smallest absolute Gasteiger partial charge is 0.326 e. The number of hydrogen-bond acceptors (Lipinski definition) is 9. The average Bonchev–Trinajstić information content (AvgIpc) is 3.55. The molecule has 5 N–H and O–H groups in total. The summed E-state index contributed by atoms with van der Waals surface area (Å²) in [5, 5.41) is 20.4. The van der Waals surface area contributed by atoms with Crippen LogP contribution in [0.4, 0.5) is 0 Å². The fourth-order valence-electron chi connectivity index (χ4n) is 7.36. The Balaban J connectivity index is 1.52. The van der Waals surface area contributed by atoms with Crippen LogP contribution in [0, 0.1) is 17.8 Å². The largest absolute Gasteiger partial charge is 0.480 e. The molecule has 2 unspecified atom stereocenters. The first kappa shape index (κ1) is 41.5. The number of carboxylic acid groups (broad SMARTS) is 1. The van der Waals surface area contributed by atoms with E-state index in [2.05, 4.69) is 31.2 Å². The first-order valence-electron chi connectivity index (χ1n) is 18.8. The van der Waals surface area contributed by atoms with Crippen molar-refractivity contribution in [3.8, 4) is 0 Å². The number of amides is 5. The van der Waals surface area contributed by atoms with Crippen LogP contribution in [-0.4, -0.2) is 97.5 Å². The van der Waals surface area contributed by atoms with E-state index >= 15 is 0 Å². The minimum absolute atomic E-state index is 0.0228. The number of likely N-dealkylation sites (tertiary alicyclic amines) is 1. The van der Waals surface area contributed by atoms with Crippen LogP contribution in [0.5, 0.6) is 0 Å². The fraction of sp³-hybridized carbons (Fsp3) is 0.564. The number of carbonyl (C=O) groups is 7. The van der Waals surface area contributed by atoms with Gasteiger partial charge in [0.1, 0.15) is 29.9 Å². The quantitative estimate of drug-likeness (QED) is 0.149. The Morgan fingerprint density at radius 2 is 1.54 bits per heavy atom. The van der Waals surface area contributed by atoms with Gasteiger partial charge in [-0.1, -0.05) is 84.2 Å². The molecule has 1 aliphatic carbocycles. The molecule has 292 valence electrons. The summed E-state index contributed by atoms with van der Waals surface area (Å²) in [4.78, 5) is 103. The molecule has 1 aliphatic heterocycles. The third kappa shape index (κ3) is 10.5. The lowest BCUT2D eigenvalue weighted by Gasteiger charge is -2.37. The van der Waals surface area contributed by atoms with Crippen molar-refractivity contribution >= 4 is 41.3 Å². The van der Waals surface area contributed by atoms with Crippen molar-refractivity contribution in [3.05, 3.63) is 60.2 Å². The first-order chi connectivity index (χ1) is 25.7. The zero-order chi connectivity index (χ0) is 39.5. The van der Waals surface area contributed by atoms with E-state index in [-0.39, 0.29) is 36.4 Å². The van der Waals surface area contributed by atoms with Gasteiger partial charge in [0.25, 0.3) is 11.8 Å². The van der Waals surface area contributed by atoms with Crippen LogP contribution in [0.3, 0.4) is 0 Å². The molecule has 2 aromatic rings. The second-order valence-electron chi connectivity index (χ2n) is 14.9. The summed E-state index contributed by atoms with van der Waals surface area (Å²) in [6, 6.07) is 2.78. The minimum atomic E-state index is -1.37. The standard InChI is InChI=1S/C39H53N7O8/c1-6-12-26(33(47)37(51)43-27(39(53)54)19-24-13-8-7-9-14-24)42-35(49)30-20-25-15-10-11-16-29(25)46(30)38(52)32(23(4)5)45-36(50)31(22(2)3)44-34(48)28-21-40-17-18-41-28/h7-9,13-14,17-18,21-23,25-27,29-32H,6,10-12,15-16,19-20H2,1-5H3,(H,42,49)(H,43,51)(H,44,48)(H,45,50)(H,53,54)/t25-,26?,27-,29-,30-,31?,32-/m0/s1. The van der Waals surface area contributed by atoms with Gasteiger partial charge in [0.2, 0.25) is 23.5 Å². The number of hydrogen-bond donors (Lipinski definition) is 5. The SMILES string of the molecule is CCCC(NC(=O)[C@@H]1C[C@@H]2CCCC[C@@H]2N1C(=O)[C@@H](NC(=O)C(NC(=O)c1cnccn1)C(C)C)C(C)C)C(=O)C(=O)N[C@@H](Cc1ccccc1)C(=O)O. The number of carbonyl (C=O) groups excluding carboxylic acids is 6. The molecule has 1 aromatic carbocycles. The summed E-state index contributed by atoms with van der Waals surface area (Å²) in [5.41, 5.74) is 0.693. The highest BCUT2D eigenvalue weighted by Crippen LogP contribution is 2.40. The number of nitrogens with zero attached hydrogens (tertiary/aromatic N) is 3. The molecule has 2 aliphatic rings. The number of nitrogens with one attached hydrogen (secondary N) is 4. The maximum absolute atomic E-state index is 14.6. The van der Waals surface area contributed by atoms with Gasteiger partial charge in [-0.05, 0) is 49.0 Å². The Kier molecular flexibility index (Phi) is 14.8. The third-order valence-corrected chi connectivity index (χ3v) is 10.2. The molecule has 15 heteroatoms. The highest BCUT2D eigenvalue weighted by molar-refractivity contribution is 6.38. The van der Waals surface area contributed by atoms with E-state index < -0.39 is 77.4 Å². The molecule has 0 spiro atoms. The molecule has 2 heterocycles. The lowest BCUT2D eigenvalue weighted by molar-refractivity contribution is -0.147. The Morgan fingerprint density at radius 3 is 2.15 bits per heavy atom. The van der Waals surface area contributed by atoms with E-state index in [9.17, 15) is 38.7 Å². The monoisotopic (exact) mass is 747 g/mol. The van der Waals surface area contributed by atoms with E-state index in [0.29, 0.717) is 24.8 Å². The van der Waals surface area contributed by atoms with Crippen LogP contribution in [0.1, 0.15) is 95.6 Å². The maximum Gasteiger partial charge on any atom is 0.326 e. The van der Waals surface area contributed by atoms with Gasteiger partial charge in [0.05, 0.1) is 12.2 Å². The average molecular weight is 748 g/mol. The Bertz CT molecular complexity index is 1650. The van der Waals surface area contributed by atoms with Crippen LogP contribution < -0.4 is 21.3 Å². The lowest BCUT2D eigenvalue weighted by atomic mass is 9.84. The van der Waals surface area contributed by atoms with E-state index in [1.54, 1.807) is 69.9 Å². The normalized spacial score (nSPS) is 20.2. The summed E-state index contributed by atoms with van der Waals surface area (Å²) in [6.07, 6.45) is 8.19. The zero-order valence-electron chi connectivity index (χ0n) is 31.6. The van der Waals surface area contributed by atoms with E-state index in [1.807, 2.05) is 0 Å². The number of rotatable bonds is 17. The summed E-state index contributed by atoms with van der Waals surface area (Å²) < 4.78 is 0. The van der Waals surface area contributed by atoms with Gasteiger partial charge in [-0.25, -0.2) is 9.78 Å². The molecular formula is C39H53N7O8. The number of Topliss-reactive ketones (excluding diaryl/α,β-unsaturated/α-hetero) is 1. The van der Waals surface area contributed by atoms with Crippen molar-refractivity contribution in [3.63, 3.8) is 0 Å². The molecular weight excluding hydrogens is 694 g/mol. The molecule has 15 nitrogen and oxygen atoms in total. The molecule has 1 saturated carbocycles. The molecule has 0 radical (unpaired) electrons. The number of ketones is 1. The predicted molar refractivity (Wildman–Crippen MR) is 197 cm³/mol. The van der Waals surface area contributed by atoms with Crippen LogP contribution in [0.25, 0.3) is 0 Å². The van der Waals surface area contributed by atoms with E-state index in [0.717, 1.165) is 19.3 Å². The van der Waals surface area contributed by atoms with Gasteiger partial charge in [-0.3, -0.25) is 33.8 Å². The van der Waals surface area contributed by atoms with E-state index in [1.165, 1.54) is 18.6 Å². The number of fused-ring (bicyclic) bond motifs is 1. The third-order valence-electron chi connectivity index (χ3n) is 10.2. The Morgan fingerprint density at radius 1 is 0.852 bits per heavy atom. The number of aliphatic carboxylic acids is 1. The Hall–Kier alpha value is -5.21. The van der Waals surface area contributed by atoms with Crippen molar-refractivity contribution in [1.82, 2.24) is 36.1 Å². The molecule has 1 saturated heterocycles. The van der Waals surface area contributed by atoms with Crippen LogP contribution >= 0.6 is 0 Å². The van der Waals surface area contributed by atoms with Gasteiger partial charge < -0.3 is 31.3 Å². The van der Waals surface area contributed by atoms with Gasteiger partial charge in [-0.2, -0.15) is 0 Å². The van der Waals surface area contributed by atoms with Gasteiger partial charge in [-0.15, -0.1) is 0 Å². The molecule has 0 bridgehead atoms. The van der Waals surface area contributed by atoms with Crippen molar-refractivity contribution in [1.29, 1.82) is 0 Å². The summed E-state index contributed by atoms with van der Waals surface area (Å²) >= 11 is 0. The van der Waals surface area contributed by atoms with Gasteiger partial charge in [0.15, 0.2) is 0 Å². The summed E-state index contributed by atoms with van der Waals surface area (Å²) in [5.74, 6) is -6.34. The Labute approximate surface area is 315 Å². The predicted octanol–water partition coefficient (Wildman–Crippen LogP) is 2.20. The lowest BCUT2D eigenvalue weighted by Crippen LogP contribution is -2.61. The van der Waals surface area contributed by atoms with Crippen molar-refractivity contribution in [2.45, 2.75) is 122 Å². The molecule has 7 atom stereocenters. The highest BCUT2D eigenvalue weighted by atomic mass is 16.4. The zero-order valence-corrected chi connectivity index (χ0v) is 31.6.